The van der Waals surface area contributed by atoms with Crippen molar-refractivity contribution in [3.05, 3.63) is 41.2 Å². The van der Waals surface area contributed by atoms with Crippen molar-refractivity contribution in [2.45, 2.75) is 6.42 Å². The Balaban J connectivity index is 2.39. The van der Waals surface area contributed by atoms with Crippen molar-refractivity contribution >= 4 is 5.57 Å². The van der Waals surface area contributed by atoms with E-state index in [1.165, 1.54) is 11.6 Å². The maximum Gasteiger partial charge on any atom is 0.127 e. The van der Waals surface area contributed by atoms with E-state index in [1.54, 1.807) is 6.07 Å². The molecule has 1 N–H and O–H groups in total. The number of benzene rings is 1. The van der Waals surface area contributed by atoms with Gasteiger partial charge in [0.2, 0.25) is 0 Å². The minimum atomic E-state index is -0.0835. The van der Waals surface area contributed by atoms with Crippen LogP contribution in [0.15, 0.2) is 24.3 Å². The zero-order valence-corrected chi connectivity index (χ0v) is 7.60. The first-order valence-electron chi connectivity index (χ1n) is 4.44. The molecule has 0 aromatic heterocycles. The van der Waals surface area contributed by atoms with Crippen molar-refractivity contribution in [2.24, 2.45) is 0 Å². The van der Waals surface area contributed by atoms with Crippen LogP contribution in [0.3, 0.4) is 0 Å². The number of nitrogens with one attached hydrogen (secondary N) is 1. The van der Waals surface area contributed by atoms with Crippen LogP contribution in [0.2, 0.25) is 0 Å². The fraction of sp³-hybridized carbons (Fsp3) is 0.273. The maximum atomic E-state index is 13.3. The van der Waals surface area contributed by atoms with Gasteiger partial charge in [0.15, 0.2) is 0 Å². The molecule has 0 fully saturated rings. The van der Waals surface area contributed by atoms with Gasteiger partial charge in [-0.25, -0.2) is 4.39 Å². The van der Waals surface area contributed by atoms with Crippen LogP contribution in [-0.4, -0.2) is 13.6 Å². The lowest BCUT2D eigenvalue weighted by Gasteiger charge is -2.04. The summed E-state index contributed by atoms with van der Waals surface area (Å²) in [5, 5.41) is 3.08. The summed E-state index contributed by atoms with van der Waals surface area (Å²) in [6, 6.07) is 5.27. The van der Waals surface area contributed by atoms with Crippen LogP contribution < -0.4 is 5.32 Å². The van der Waals surface area contributed by atoms with Gasteiger partial charge in [-0.1, -0.05) is 18.2 Å². The monoisotopic (exact) mass is 177 g/mol. The van der Waals surface area contributed by atoms with Gasteiger partial charge in [0, 0.05) is 6.54 Å². The molecule has 0 atom stereocenters. The van der Waals surface area contributed by atoms with Crippen molar-refractivity contribution in [1.82, 2.24) is 5.32 Å². The van der Waals surface area contributed by atoms with Gasteiger partial charge in [-0.15, -0.1) is 0 Å². The van der Waals surface area contributed by atoms with Crippen LogP contribution in [0.4, 0.5) is 4.39 Å². The largest absolute Gasteiger partial charge is 0.316 e. The molecule has 0 spiro atoms. The van der Waals surface area contributed by atoms with Crippen LogP contribution >= 0.6 is 0 Å². The highest BCUT2D eigenvalue weighted by molar-refractivity contribution is 5.74. The quantitative estimate of drug-likeness (QED) is 0.728. The summed E-state index contributed by atoms with van der Waals surface area (Å²) >= 11 is 0. The molecule has 0 bridgehead atoms. The summed E-state index contributed by atoms with van der Waals surface area (Å²) in [6.45, 7) is 0.816. The lowest BCUT2D eigenvalue weighted by atomic mass is 10.1. The summed E-state index contributed by atoms with van der Waals surface area (Å²) in [5.41, 5.74) is 3.11. The van der Waals surface area contributed by atoms with E-state index in [9.17, 15) is 4.39 Å². The Labute approximate surface area is 77.3 Å². The molecular formula is C11H12FN. The highest BCUT2D eigenvalue weighted by Gasteiger charge is 2.15. The maximum absolute atomic E-state index is 13.3. The number of hydrogen-bond donors (Lipinski definition) is 1. The van der Waals surface area contributed by atoms with Crippen molar-refractivity contribution in [2.75, 3.05) is 13.6 Å². The molecule has 2 heteroatoms. The highest BCUT2D eigenvalue weighted by Crippen LogP contribution is 2.28. The number of allylic oxidation sites excluding steroid dienone is 1. The SMILES string of the molecule is CNCC1=CCc2c(F)cccc21. The molecule has 13 heavy (non-hydrogen) atoms. The Morgan fingerprint density at radius 3 is 3.08 bits per heavy atom. The van der Waals surface area contributed by atoms with Gasteiger partial charge >= 0.3 is 0 Å². The lowest BCUT2D eigenvalue weighted by molar-refractivity contribution is 0.615. The second kappa shape index (κ2) is 3.30. The van der Waals surface area contributed by atoms with Gasteiger partial charge in [0.1, 0.15) is 5.82 Å². The van der Waals surface area contributed by atoms with E-state index < -0.39 is 0 Å². The van der Waals surface area contributed by atoms with E-state index in [4.69, 9.17) is 0 Å². The third-order valence-corrected chi connectivity index (χ3v) is 2.38. The summed E-state index contributed by atoms with van der Waals surface area (Å²) in [5.74, 6) is -0.0835. The third kappa shape index (κ3) is 1.38. The third-order valence-electron chi connectivity index (χ3n) is 2.38. The van der Waals surface area contributed by atoms with Gasteiger partial charge in [-0.05, 0) is 36.2 Å². The molecular weight excluding hydrogens is 165 g/mol. The molecule has 0 amide bonds. The van der Waals surface area contributed by atoms with E-state index in [0.29, 0.717) is 0 Å². The number of likely N-dealkylation sites (N-methyl/N-ethyl adjacent to an activating group) is 1. The first-order valence-corrected chi connectivity index (χ1v) is 4.44. The van der Waals surface area contributed by atoms with Gasteiger partial charge in [-0.2, -0.15) is 0 Å². The van der Waals surface area contributed by atoms with Crippen LogP contribution in [0, 0.1) is 5.82 Å². The predicted octanol–water partition coefficient (Wildman–Crippen LogP) is 1.98. The molecule has 1 aromatic carbocycles. The number of hydrogen-bond acceptors (Lipinski definition) is 1. The lowest BCUT2D eigenvalue weighted by Crippen LogP contribution is -2.08. The van der Waals surface area contributed by atoms with E-state index in [1.807, 2.05) is 13.1 Å². The van der Waals surface area contributed by atoms with Crippen molar-refractivity contribution in [1.29, 1.82) is 0 Å². The standard InChI is InChI=1S/C11H12FN/c1-13-7-8-5-6-10-9(8)3-2-4-11(10)12/h2-5,13H,6-7H2,1H3. The van der Waals surface area contributed by atoms with Crippen LogP contribution in [0.1, 0.15) is 11.1 Å². The smallest absolute Gasteiger partial charge is 0.127 e. The molecule has 1 aliphatic carbocycles. The highest BCUT2D eigenvalue weighted by atomic mass is 19.1. The Kier molecular flexibility index (Phi) is 2.15. The number of halogens is 1. The predicted molar refractivity (Wildman–Crippen MR) is 52.0 cm³/mol. The van der Waals surface area contributed by atoms with Crippen molar-refractivity contribution < 1.29 is 4.39 Å². The zero-order valence-electron chi connectivity index (χ0n) is 7.60. The molecule has 0 aliphatic heterocycles. The van der Waals surface area contributed by atoms with Gasteiger partial charge < -0.3 is 5.32 Å². The van der Waals surface area contributed by atoms with Gasteiger partial charge in [0.25, 0.3) is 0 Å². The van der Waals surface area contributed by atoms with Crippen LogP contribution in [0.25, 0.3) is 5.57 Å². The molecule has 0 saturated carbocycles. The number of fused-ring (bicyclic) bond motifs is 1. The Bertz CT molecular complexity index is 355. The van der Waals surface area contributed by atoms with E-state index >= 15 is 0 Å². The molecule has 2 rings (SSSR count). The fourth-order valence-electron chi connectivity index (χ4n) is 1.76. The van der Waals surface area contributed by atoms with Crippen molar-refractivity contribution in [3.63, 3.8) is 0 Å². The van der Waals surface area contributed by atoms with Gasteiger partial charge in [-0.3, -0.25) is 0 Å². The first kappa shape index (κ1) is 8.45. The zero-order chi connectivity index (χ0) is 9.26. The normalized spacial score (nSPS) is 14.2. The van der Waals surface area contributed by atoms with E-state index in [2.05, 4.69) is 11.4 Å². The fourth-order valence-corrected chi connectivity index (χ4v) is 1.76. The van der Waals surface area contributed by atoms with E-state index in [-0.39, 0.29) is 5.82 Å². The minimum Gasteiger partial charge on any atom is -0.316 e. The van der Waals surface area contributed by atoms with E-state index in [0.717, 1.165) is 24.1 Å². The molecule has 1 nitrogen and oxygen atoms in total. The molecule has 68 valence electrons. The van der Waals surface area contributed by atoms with Gasteiger partial charge in [0.05, 0.1) is 0 Å². The Morgan fingerprint density at radius 2 is 2.31 bits per heavy atom. The molecule has 0 unspecified atom stereocenters. The molecule has 0 saturated heterocycles. The topological polar surface area (TPSA) is 12.0 Å². The summed E-state index contributed by atoms with van der Waals surface area (Å²) < 4.78 is 13.3. The first-order chi connectivity index (χ1) is 6.33. The second-order valence-corrected chi connectivity index (χ2v) is 3.23. The van der Waals surface area contributed by atoms with Crippen molar-refractivity contribution in [3.8, 4) is 0 Å². The summed E-state index contributed by atoms with van der Waals surface area (Å²) in [7, 11) is 1.90. The summed E-state index contributed by atoms with van der Waals surface area (Å²) in [4.78, 5) is 0. The summed E-state index contributed by atoms with van der Waals surface area (Å²) in [6.07, 6.45) is 2.82. The van der Waals surface area contributed by atoms with Crippen LogP contribution in [-0.2, 0) is 6.42 Å². The Hall–Kier alpha value is -1.15. The second-order valence-electron chi connectivity index (χ2n) is 3.23. The average molecular weight is 177 g/mol. The minimum absolute atomic E-state index is 0.0835. The molecule has 1 aliphatic rings. The Morgan fingerprint density at radius 1 is 1.46 bits per heavy atom. The molecule has 0 heterocycles. The van der Waals surface area contributed by atoms with Crippen LogP contribution in [0.5, 0.6) is 0 Å². The average Bonchev–Trinajstić information content (AvgIpc) is 2.51. The molecule has 0 radical (unpaired) electrons. The molecule has 1 aromatic rings. The number of rotatable bonds is 2.